The number of benzene rings is 2. The summed E-state index contributed by atoms with van der Waals surface area (Å²) in [5.74, 6) is 0.142. The molecule has 2 atom stereocenters. The van der Waals surface area contributed by atoms with Crippen LogP contribution < -0.4 is 5.32 Å². The van der Waals surface area contributed by atoms with Crippen molar-refractivity contribution in [2.45, 2.75) is 44.8 Å². The molecule has 0 radical (unpaired) electrons. The number of aromatic hydroxyl groups is 1. The van der Waals surface area contributed by atoms with Gasteiger partial charge in [-0.3, -0.25) is 4.79 Å². The maximum atomic E-state index is 13.0. The van der Waals surface area contributed by atoms with Gasteiger partial charge in [-0.1, -0.05) is 49.4 Å². The Balaban J connectivity index is 1.64. The lowest BCUT2D eigenvalue weighted by Crippen LogP contribution is -2.50. The molecule has 1 heterocycles. The van der Waals surface area contributed by atoms with Gasteiger partial charge in [0, 0.05) is 20.1 Å². The van der Waals surface area contributed by atoms with E-state index in [2.05, 4.69) is 5.32 Å². The number of urea groups is 1. The standard InChI is InChI=1S/C23H29N3O3/c1-3-20(18-8-5-4-6-9-18)24-23(29)26-15-7-10-21(26)22(28)25(2)16-17-11-13-19(27)14-12-17/h4-6,8-9,11-14,20-21,27H,3,7,10,15-16H2,1-2H3,(H,24,29)/t20-,21-/m1/s1. The summed E-state index contributed by atoms with van der Waals surface area (Å²) >= 11 is 0. The predicted octanol–water partition coefficient (Wildman–Crippen LogP) is 3.68. The number of hydrogen-bond acceptors (Lipinski definition) is 3. The Kier molecular flexibility index (Phi) is 6.75. The van der Waals surface area contributed by atoms with Gasteiger partial charge < -0.3 is 20.2 Å². The van der Waals surface area contributed by atoms with Gasteiger partial charge in [-0.2, -0.15) is 0 Å². The topological polar surface area (TPSA) is 72.9 Å². The molecule has 0 bridgehead atoms. The molecule has 0 aliphatic carbocycles. The number of phenols is 1. The van der Waals surface area contributed by atoms with Gasteiger partial charge in [-0.25, -0.2) is 4.79 Å². The van der Waals surface area contributed by atoms with Crippen LogP contribution in [0.3, 0.4) is 0 Å². The van der Waals surface area contributed by atoms with E-state index >= 15 is 0 Å². The quantitative estimate of drug-likeness (QED) is 0.784. The molecule has 0 spiro atoms. The number of amides is 3. The minimum Gasteiger partial charge on any atom is -0.508 e. The number of carbonyl (C=O) groups is 2. The fourth-order valence-electron chi connectivity index (χ4n) is 3.81. The maximum Gasteiger partial charge on any atom is 0.318 e. The maximum absolute atomic E-state index is 13.0. The van der Waals surface area contributed by atoms with Gasteiger partial charge in [-0.05, 0) is 42.5 Å². The van der Waals surface area contributed by atoms with Crippen LogP contribution in [0, 0.1) is 0 Å². The molecule has 6 nitrogen and oxygen atoms in total. The Morgan fingerprint density at radius 1 is 1.17 bits per heavy atom. The molecule has 154 valence electrons. The van der Waals surface area contributed by atoms with Crippen LogP contribution in [0.5, 0.6) is 5.75 Å². The van der Waals surface area contributed by atoms with Crippen molar-refractivity contribution in [3.63, 3.8) is 0 Å². The number of nitrogens with one attached hydrogen (secondary N) is 1. The Morgan fingerprint density at radius 2 is 1.86 bits per heavy atom. The van der Waals surface area contributed by atoms with E-state index in [1.807, 2.05) is 37.3 Å². The molecule has 0 saturated carbocycles. The third-order valence-electron chi connectivity index (χ3n) is 5.44. The fraction of sp³-hybridized carbons (Fsp3) is 0.391. The number of nitrogens with zero attached hydrogens (tertiary/aromatic N) is 2. The number of rotatable bonds is 6. The van der Waals surface area contributed by atoms with Gasteiger partial charge >= 0.3 is 6.03 Å². The van der Waals surface area contributed by atoms with Crippen LogP contribution >= 0.6 is 0 Å². The van der Waals surface area contributed by atoms with Gasteiger partial charge in [0.1, 0.15) is 11.8 Å². The van der Waals surface area contributed by atoms with Crippen LogP contribution in [0.1, 0.15) is 43.4 Å². The minimum absolute atomic E-state index is 0.0570. The molecule has 2 N–H and O–H groups in total. The Bertz CT molecular complexity index is 823. The van der Waals surface area contributed by atoms with E-state index in [1.54, 1.807) is 41.1 Å². The lowest BCUT2D eigenvalue weighted by atomic mass is 10.1. The zero-order valence-corrected chi connectivity index (χ0v) is 17.0. The first-order valence-corrected chi connectivity index (χ1v) is 10.1. The second-order valence-corrected chi connectivity index (χ2v) is 7.53. The molecule has 1 fully saturated rings. The average molecular weight is 396 g/mol. The number of carbonyl (C=O) groups excluding carboxylic acids is 2. The van der Waals surface area contributed by atoms with Crippen molar-refractivity contribution in [2.75, 3.05) is 13.6 Å². The summed E-state index contributed by atoms with van der Waals surface area (Å²) in [7, 11) is 1.75. The van der Waals surface area contributed by atoms with Gasteiger partial charge in [-0.15, -0.1) is 0 Å². The van der Waals surface area contributed by atoms with E-state index < -0.39 is 6.04 Å². The number of likely N-dealkylation sites (tertiary alicyclic amines) is 1. The van der Waals surface area contributed by atoms with Crippen LogP contribution in [0.4, 0.5) is 4.79 Å². The Labute approximate surface area is 172 Å². The average Bonchev–Trinajstić information content (AvgIpc) is 3.23. The minimum atomic E-state index is -0.439. The van der Waals surface area contributed by atoms with E-state index in [4.69, 9.17) is 0 Å². The van der Waals surface area contributed by atoms with Crippen LogP contribution in [0.2, 0.25) is 0 Å². The zero-order valence-electron chi connectivity index (χ0n) is 17.0. The molecule has 3 rings (SSSR count). The van der Waals surface area contributed by atoms with Crippen molar-refractivity contribution in [3.05, 3.63) is 65.7 Å². The summed E-state index contributed by atoms with van der Waals surface area (Å²) in [6, 6.07) is 16.0. The first-order valence-electron chi connectivity index (χ1n) is 10.1. The molecule has 2 aromatic rings. The van der Waals surface area contributed by atoms with Crippen LogP contribution in [0.15, 0.2) is 54.6 Å². The van der Waals surface area contributed by atoms with E-state index in [0.717, 1.165) is 24.0 Å². The number of likely N-dealkylation sites (N-methyl/N-ethyl adjacent to an activating group) is 1. The third kappa shape index (κ3) is 5.08. The highest BCUT2D eigenvalue weighted by molar-refractivity contribution is 5.87. The number of hydrogen-bond donors (Lipinski definition) is 2. The van der Waals surface area contributed by atoms with Gasteiger partial charge in [0.25, 0.3) is 0 Å². The van der Waals surface area contributed by atoms with Gasteiger partial charge in [0.15, 0.2) is 0 Å². The van der Waals surface area contributed by atoms with E-state index in [1.165, 1.54) is 0 Å². The van der Waals surface area contributed by atoms with Crippen molar-refractivity contribution in [3.8, 4) is 5.75 Å². The van der Waals surface area contributed by atoms with Gasteiger partial charge in [0.05, 0.1) is 6.04 Å². The molecule has 0 aromatic heterocycles. The van der Waals surface area contributed by atoms with Crippen LogP contribution in [-0.2, 0) is 11.3 Å². The molecule has 29 heavy (non-hydrogen) atoms. The van der Waals surface area contributed by atoms with E-state index in [9.17, 15) is 14.7 Å². The highest BCUT2D eigenvalue weighted by Gasteiger charge is 2.36. The fourth-order valence-corrected chi connectivity index (χ4v) is 3.81. The molecule has 1 aliphatic rings. The summed E-state index contributed by atoms with van der Waals surface area (Å²) < 4.78 is 0. The van der Waals surface area contributed by atoms with Crippen molar-refractivity contribution < 1.29 is 14.7 Å². The highest BCUT2D eigenvalue weighted by Crippen LogP contribution is 2.23. The molecule has 1 saturated heterocycles. The second kappa shape index (κ2) is 9.45. The normalized spacial score (nSPS) is 17.0. The molecule has 1 aliphatic heterocycles. The molecule has 6 heteroatoms. The van der Waals surface area contributed by atoms with Crippen molar-refractivity contribution >= 4 is 11.9 Å². The first kappa shape index (κ1) is 20.7. The lowest BCUT2D eigenvalue weighted by molar-refractivity contribution is -0.134. The van der Waals surface area contributed by atoms with Gasteiger partial charge in [0.2, 0.25) is 5.91 Å². The second-order valence-electron chi connectivity index (χ2n) is 7.53. The smallest absolute Gasteiger partial charge is 0.318 e. The number of phenolic OH excluding ortho intramolecular Hbond substituents is 1. The summed E-state index contributed by atoms with van der Waals surface area (Å²) in [5, 5.41) is 12.5. The monoisotopic (exact) mass is 395 g/mol. The molecular weight excluding hydrogens is 366 g/mol. The van der Waals surface area contributed by atoms with Crippen LogP contribution in [0.25, 0.3) is 0 Å². The SMILES string of the molecule is CC[C@@H](NC(=O)N1CCC[C@@H]1C(=O)N(C)Cc1ccc(O)cc1)c1ccccc1. The van der Waals surface area contributed by atoms with E-state index in [0.29, 0.717) is 19.5 Å². The summed E-state index contributed by atoms with van der Waals surface area (Å²) in [6.07, 6.45) is 2.27. The lowest BCUT2D eigenvalue weighted by Gasteiger charge is -2.30. The highest BCUT2D eigenvalue weighted by atomic mass is 16.3. The summed E-state index contributed by atoms with van der Waals surface area (Å²) in [5.41, 5.74) is 2.00. The Hall–Kier alpha value is -3.02. The largest absolute Gasteiger partial charge is 0.508 e. The molecular formula is C23H29N3O3. The van der Waals surface area contributed by atoms with Crippen LogP contribution in [-0.4, -0.2) is 46.5 Å². The summed E-state index contributed by atoms with van der Waals surface area (Å²) in [6.45, 7) is 3.06. The third-order valence-corrected chi connectivity index (χ3v) is 5.44. The van der Waals surface area contributed by atoms with Crippen molar-refractivity contribution in [1.29, 1.82) is 0 Å². The first-order chi connectivity index (χ1) is 14.0. The Morgan fingerprint density at radius 3 is 2.52 bits per heavy atom. The van der Waals surface area contributed by atoms with Crippen molar-refractivity contribution in [1.82, 2.24) is 15.1 Å². The predicted molar refractivity (Wildman–Crippen MR) is 112 cm³/mol. The zero-order chi connectivity index (χ0) is 20.8. The summed E-state index contributed by atoms with van der Waals surface area (Å²) in [4.78, 5) is 29.3. The van der Waals surface area contributed by atoms with E-state index in [-0.39, 0.29) is 23.7 Å². The molecule has 2 aromatic carbocycles. The molecule has 0 unspecified atom stereocenters. The molecule has 3 amide bonds. The van der Waals surface area contributed by atoms with Crippen molar-refractivity contribution in [2.24, 2.45) is 0 Å².